The minimum absolute atomic E-state index is 0.0115. The SMILES string of the molecule is Cc1cncc(OCCC2CCOC3(C2)CN(C(=O)c2ccnnc2)C3)n1. The van der Waals surface area contributed by atoms with E-state index in [4.69, 9.17) is 9.47 Å². The van der Waals surface area contributed by atoms with Gasteiger partial charge in [0.05, 0.1) is 49.5 Å². The van der Waals surface area contributed by atoms with Gasteiger partial charge in [0, 0.05) is 12.8 Å². The third-order valence-corrected chi connectivity index (χ3v) is 5.18. The Morgan fingerprint density at radius 2 is 2.22 bits per heavy atom. The normalized spacial score (nSPS) is 20.9. The summed E-state index contributed by atoms with van der Waals surface area (Å²) in [6.07, 6.45) is 9.31. The first kappa shape index (κ1) is 17.8. The summed E-state index contributed by atoms with van der Waals surface area (Å²) < 4.78 is 11.8. The van der Waals surface area contributed by atoms with Crippen molar-refractivity contribution >= 4 is 5.91 Å². The predicted molar refractivity (Wildman–Crippen MR) is 96.2 cm³/mol. The standard InChI is InChI=1S/C19H23N5O3/c1-14-9-20-11-17(23-14)26-6-3-15-4-7-27-19(8-15)12-24(13-19)18(25)16-2-5-21-22-10-16/h2,5,9-11,15H,3-4,6-8,12-13H2,1H3. The second-order valence-electron chi connectivity index (χ2n) is 7.32. The molecule has 2 aliphatic rings. The first-order valence-electron chi connectivity index (χ1n) is 9.25. The van der Waals surface area contributed by atoms with E-state index < -0.39 is 0 Å². The summed E-state index contributed by atoms with van der Waals surface area (Å²) in [4.78, 5) is 22.7. The highest BCUT2D eigenvalue weighted by molar-refractivity contribution is 5.94. The molecule has 0 aliphatic carbocycles. The van der Waals surface area contributed by atoms with Crippen LogP contribution >= 0.6 is 0 Å². The van der Waals surface area contributed by atoms with Crippen molar-refractivity contribution in [2.24, 2.45) is 5.92 Å². The molecule has 1 atom stereocenters. The maximum atomic E-state index is 12.5. The van der Waals surface area contributed by atoms with Gasteiger partial charge in [0.2, 0.25) is 5.88 Å². The monoisotopic (exact) mass is 369 g/mol. The Morgan fingerprint density at radius 1 is 1.33 bits per heavy atom. The summed E-state index contributed by atoms with van der Waals surface area (Å²) in [6, 6.07) is 1.69. The van der Waals surface area contributed by atoms with Crippen molar-refractivity contribution in [2.75, 3.05) is 26.3 Å². The van der Waals surface area contributed by atoms with Crippen LogP contribution in [0.4, 0.5) is 0 Å². The molecule has 4 rings (SSSR count). The first-order chi connectivity index (χ1) is 13.1. The van der Waals surface area contributed by atoms with Crippen molar-refractivity contribution in [3.8, 4) is 5.88 Å². The van der Waals surface area contributed by atoms with Crippen molar-refractivity contribution in [3.63, 3.8) is 0 Å². The van der Waals surface area contributed by atoms with Gasteiger partial charge in [-0.15, -0.1) is 0 Å². The molecule has 8 nitrogen and oxygen atoms in total. The molecule has 2 aromatic heterocycles. The molecule has 0 aromatic carbocycles. The fraction of sp³-hybridized carbons (Fsp3) is 0.526. The van der Waals surface area contributed by atoms with Crippen LogP contribution in [0.1, 0.15) is 35.3 Å². The lowest BCUT2D eigenvalue weighted by molar-refractivity contribution is -0.166. The topological polar surface area (TPSA) is 90.3 Å². The van der Waals surface area contributed by atoms with Crippen LogP contribution in [-0.2, 0) is 4.74 Å². The number of aromatic nitrogens is 4. The molecule has 142 valence electrons. The van der Waals surface area contributed by atoms with Crippen molar-refractivity contribution in [3.05, 3.63) is 42.1 Å². The van der Waals surface area contributed by atoms with Crippen molar-refractivity contribution in [1.29, 1.82) is 0 Å². The molecule has 0 saturated carbocycles. The molecule has 8 heteroatoms. The van der Waals surface area contributed by atoms with Gasteiger partial charge in [-0.25, -0.2) is 4.98 Å². The molecule has 2 fully saturated rings. The van der Waals surface area contributed by atoms with E-state index in [0.29, 0.717) is 37.1 Å². The van der Waals surface area contributed by atoms with Crippen LogP contribution in [0.3, 0.4) is 0 Å². The number of likely N-dealkylation sites (tertiary alicyclic amines) is 1. The largest absolute Gasteiger partial charge is 0.477 e. The van der Waals surface area contributed by atoms with Gasteiger partial charge in [0.15, 0.2) is 0 Å². The second kappa shape index (κ2) is 7.56. The van der Waals surface area contributed by atoms with Crippen LogP contribution in [0.2, 0.25) is 0 Å². The van der Waals surface area contributed by atoms with E-state index in [1.54, 1.807) is 18.5 Å². The summed E-state index contributed by atoms with van der Waals surface area (Å²) in [5.74, 6) is 1.09. The van der Waals surface area contributed by atoms with E-state index in [-0.39, 0.29) is 11.5 Å². The Bertz CT molecular complexity index is 795. The molecule has 2 saturated heterocycles. The van der Waals surface area contributed by atoms with Crippen LogP contribution in [0.15, 0.2) is 30.9 Å². The maximum absolute atomic E-state index is 12.5. The van der Waals surface area contributed by atoms with Crippen molar-refractivity contribution in [1.82, 2.24) is 25.1 Å². The Labute approximate surface area is 157 Å². The summed E-state index contributed by atoms with van der Waals surface area (Å²) in [7, 11) is 0. The number of hydrogen-bond donors (Lipinski definition) is 0. The van der Waals surface area contributed by atoms with E-state index in [1.165, 1.54) is 12.4 Å². The van der Waals surface area contributed by atoms with Gasteiger partial charge in [0.1, 0.15) is 5.60 Å². The summed E-state index contributed by atoms with van der Waals surface area (Å²) in [5, 5.41) is 7.49. The zero-order valence-corrected chi connectivity index (χ0v) is 15.4. The van der Waals surface area contributed by atoms with Gasteiger partial charge < -0.3 is 14.4 Å². The van der Waals surface area contributed by atoms with Crippen LogP contribution in [0.25, 0.3) is 0 Å². The predicted octanol–water partition coefficient (Wildman–Crippen LogP) is 1.67. The lowest BCUT2D eigenvalue weighted by Gasteiger charge is -2.53. The molecule has 27 heavy (non-hydrogen) atoms. The van der Waals surface area contributed by atoms with Crippen LogP contribution in [0.5, 0.6) is 5.88 Å². The number of ether oxygens (including phenoxy) is 2. The number of carbonyl (C=O) groups is 1. The Hall–Kier alpha value is -2.61. The summed E-state index contributed by atoms with van der Waals surface area (Å²) in [6.45, 7) is 4.51. The Morgan fingerprint density at radius 3 is 3.00 bits per heavy atom. The molecule has 2 aromatic rings. The molecule has 4 heterocycles. The van der Waals surface area contributed by atoms with Gasteiger partial charge in [-0.3, -0.25) is 9.78 Å². The highest BCUT2D eigenvalue weighted by atomic mass is 16.5. The van der Waals surface area contributed by atoms with Gasteiger partial charge >= 0.3 is 0 Å². The van der Waals surface area contributed by atoms with Gasteiger partial charge in [0.25, 0.3) is 5.91 Å². The zero-order valence-electron chi connectivity index (χ0n) is 15.4. The van der Waals surface area contributed by atoms with Crippen LogP contribution in [0, 0.1) is 12.8 Å². The quantitative estimate of drug-likeness (QED) is 0.792. The molecular formula is C19H23N5O3. The molecule has 1 amide bonds. The lowest BCUT2D eigenvalue weighted by atomic mass is 9.79. The number of hydrogen-bond acceptors (Lipinski definition) is 7. The van der Waals surface area contributed by atoms with Crippen molar-refractivity contribution < 1.29 is 14.3 Å². The molecule has 1 unspecified atom stereocenters. The average Bonchev–Trinajstić information content (AvgIpc) is 2.66. The molecular weight excluding hydrogens is 346 g/mol. The van der Waals surface area contributed by atoms with Crippen LogP contribution < -0.4 is 4.74 Å². The van der Waals surface area contributed by atoms with Gasteiger partial charge in [-0.1, -0.05) is 0 Å². The van der Waals surface area contributed by atoms with E-state index in [2.05, 4.69) is 20.2 Å². The zero-order chi connectivity index (χ0) is 18.7. The summed E-state index contributed by atoms with van der Waals surface area (Å²) >= 11 is 0. The second-order valence-corrected chi connectivity index (χ2v) is 7.32. The molecule has 0 radical (unpaired) electrons. The molecule has 0 bridgehead atoms. The van der Waals surface area contributed by atoms with E-state index in [0.717, 1.165) is 31.6 Å². The number of aryl methyl sites for hydroxylation is 1. The van der Waals surface area contributed by atoms with E-state index in [9.17, 15) is 4.79 Å². The van der Waals surface area contributed by atoms with Gasteiger partial charge in [-0.2, -0.15) is 10.2 Å². The third-order valence-electron chi connectivity index (χ3n) is 5.18. The first-order valence-corrected chi connectivity index (χ1v) is 9.25. The minimum Gasteiger partial charge on any atom is -0.477 e. The third kappa shape index (κ3) is 4.05. The maximum Gasteiger partial charge on any atom is 0.255 e. The molecule has 2 aliphatic heterocycles. The van der Waals surface area contributed by atoms with Crippen LogP contribution in [-0.4, -0.2) is 62.9 Å². The fourth-order valence-corrected chi connectivity index (χ4v) is 3.83. The lowest BCUT2D eigenvalue weighted by Crippen LogP contribution is -2.66. The van der Waals surface area contributed by atoms with E-state index in [1.807, 2.05) is 11.8 Å². The highest BCUT2D eigenvalue weighted by Crippen LogP contribution is 2.38. The average molecular weight is 369 g/mol. The highest BCUT2D eigenvalue weighted by Gasteiger charge is 2.49. The number of carbonyl (C=O) groups excluding carboxylic acids is 1. The van der Waals surface area contributed by atoms with E-state index >= 15 is 0 Å². The Balaban J connectivity index is 1.26. The molecule has 0 N–H and O–H groups in total. The van der Waals surface area contributed by atoms with Gasteiger partial charge in [-0.05, 0) is 38.2 Å². The smallest absolute Gasteiger partial charge is 0.255 e. The van der Waals surface area contributed by atoms with Crippen molar-refractivity contribution in [2.45, 2.75) is 31.8 Å². The number of rotatable bonds is 5. The number of amides is 1. The minimum atomic E-state index is -0.206. The fourth-order valence-electron chi connectivity index (χ4n) is 3.83. The Kier molecular flexibility index (Phi) is 4.98. The number of nitrogens with zero attached hydrogens (tertiary/aromatic N) is 5. The summed E-state index contributed by atoms with van der Waals surface area (Å²) in [5.41, 5.74) is 1.21. The molecule has 1 spiro atoms.